The number of imidazole rings is 1. The lowest BCUT2D eigenvalue weighted by atomic mass is 10.1. The molecular weight excluding hydrogens is 628 g/mol. The van der Waals surface area contributed by atoms with E-state index in [9.17, 15) is 43.5 Å². The fraction of sp³-hybridized carbons (Fsp3) is 0.526. The predicted molar refractivity (Wildman–Crippen MR) is 131 cm³/mol. The van der Waals surface area contributed by atoms with Gasteiger partial charge in [-0.1, -0.05) is 0 Å². The van der Waals surface area contributed by atoms with Crippen molar-refractivity contribution in [2.24, 2.45) is 0 Å². The van der Waals surface area contributed by atoms with Crippen molar-refractivity contribution >= 4 is 32.8 Å². The first-order chi connectivity index (χ1) is 20.2. The molecule has 3 aliphatic rings. The highest BCUT2D eigenvalue weighted by atomic mass is 31.2. The molecule has 0 spiro atoms. The Labute approximate surface area is 236 Å². The minimum atomic E-state index is -5.37. The largest absolute Gasteiger partial charge is 0.756 e. The van der Waals surface area contributed by atoms with Crippen LogP contribution in [0.25, 0.3) is 11.2 Å². The molecular formula is C19H21N7O15P2-2. The fourth-order valence-corrected chi connectivity index (χ4v) is 6.77. The van der Waals surface area contributed by atoms with Gasteiger partial charge in [0.2, 0.25) is 5.95 Å². The van der Waals surface area contributed by atoms with E-state index in [1.807, 2.05) is 4.98 Å². The smallest absolute Gasteiger partial charge is 0.330 e. The zero-order chi connectivity index (χ0) is 30.8. The number of phosphoric ester groups is 2. The van der Waals surface area contributed by atoms with Crippen molar-refractivity contribution in [3.05, 3.63) is 49.8 Å². The van der Waals surface area contributed by atoms with Crippen molar-refractivity contribution in [2.75, 3.05) is 18.9 Å². The number of hydrogen-bond donors (Lipinski definition) is 5. The van der Waals surface area contributed by atoms with E-state index in [1.54, 1.807) is 0 Å². The van der Waals surface area contributed by atoms with Crippen LogP contribution in [0.15, 0.2) is 33.0 Å². The number of hydrogen-bond acceptors (Lipinski definition) is 18. The van der Waals surface area contributed by atoms with Crippen LogP contribution in [0.1, 0.15) is 12.5 Å². The molecule has 0 bridgehead atoms. The number of nitrogen functional groups attached to an aromatic ring is 1. The molecule has 43 heavy (non-hydrogen) atoms. The monoisotopic (exact) mass is 649 g/mol. The van der Waals surface area contributed by atoms with Crippen molar-refractivity contribution in [3.8, 4) is 0 Å². The van der Waals surface area contributed by atoms with Crippen molar-refractivity contribution in [2.45, 2.75) is 49.1 Å². The highest BCUT2D eigenvalue weighted by molar-refractivity contribution is 7.46. The van der Waals surface area contributed by atoms with Crippen LogP contribution < -0.4 is 32.3 Å². The standard InChI is InChI=1S/C19H23N7O15P2/c20-18-23-14-9(15(30)24-18)21-5-26(14)17-11(29)13-7(39-17)4-37-42(32,33)40-12-6(3-36-43(34,35)41-13)38-16(10(12)28)25-2-1-8(27)22-19(25)31/h1-2,5-7,10-13,16-17,28-29H,3-4H2,(H,32,33)(H,34,35)(H,22,27,31)(H3,20,23,24,30)/p-2/t6-,7-,10-,11?,12?,13-,16+,17+/m0/s1. The topological polar surface area (TPSA) is 321 Å². The SMILES string of the molecule is Nc1nc2c(ncn2[C@@H]2O[C@H]3COP(=O)([O-])OC4[C@H](COP(=O)([O-])O[C@@H]3C2O)O[C@@H](n2ccc(=O)[nH]c2=O)[C@H]4O)c(=O)[nH]1. The average molecular weight is 649 g/mol. The van der Waals surface area contributed by atoms with E-state index >= 15 is 0 Å². The number of aliphatic hydroxyl groups excluding tert-OH is 2. The average Bonchev–Trinajstić information content (AvgIpc) is 3.56. The first-order valence-corrected chi connectivity index (χ1v) is 15.1. The van der Waals surface area contributed by atoms with Crippen molar-refractivity contribution in [1.29, 1.82) is 0 Å². The summed E-state index contributed by atoms with van der Waals surface area (Å²) in [6, 6.07) is 0.925. The minimum Gasteiger partial charge on any atom is -0.756 e. The van der Waals surface area contributed by atoms with Gasteiger partial charge in [-0.2, -0.15) is 4.98 Å². The third-order valence-corrected chi connectivity index (χ3v) is 8.70. The zero-order valence-corrected chi connectivity index (χ0v) is 23.0. The van der Waals surface area contributed by atoms with Gasteiger partial charge < -0.3 is 53.3 Å². The van der Waals surface area contributed by atoms with E-state index in [0.717, 1.165) is 27.7 Å². The number of fused-ring (bicyclic) bond motifs is 3. The maximum absolute atomic E-state index is 12.8. The third kappa shape index (κ3) is 5.64. The summed E-state index contributed by atoms with van der Waals surface area (Å²) in [4.78, 5) is 73.4. The number of H-pyrrole nitrogens is 2. The number of aromatic amines is 2. The van der Waals surface area contributed by atoms with Crippen LogP contribution >= 0.6 is 15.6 Å². The summed E-state index contributed by atoms with van der Waals surface area (Å²) in [7, 11) is -10.7. The van der Waals surface area contributed by atoms with Gasteiger partial charge in [-0.3, -0.25) is 37.8 Å². The summed E-state index contributed by atoms with van der Waals surface area (Å²) in [5.74, 6) is -0.303. The molecule has 6 rings (SSSR count). The molecule has 22 nitrogen and oxygen atoms in total. The maximum Gasteiger partial charge on any atom is 0.330 e. The molecule has 6 heterocycles. The fourth-order valence-electron chi connectivity index (χ4n) is 4.87. The van der Waals surface area contributed by atoms with Crippen LogP contribution in [0.4, 0.5) is 5.95 Å². The van der Waals surface area contributed by atoms with E-state index < -0.39 is 94.7 Å². The van der Waals surface area contributed by atoms with Crippen LogP contribution in [0.3, 0.4) is 0 Å². The Bertz CT molecular complexity index is 1820. The summed E-state index contributed by atoms with van der Waals surface area (Å²) in [6.45, 7) is -1.97. The van der Waals surface area contributed by atoms with Crippen LogP contribution in [0.5, 0.6) is 0 Å². The molecule has 3 aromatic rings. The number of aliphatic hydroxyl groups is 2. The zero-order valence-electron chi connectivity index (χ0n) is 21.2. The van der Waals surface area contributed by atoms with Gasteiger partial charge in [0.15, 0.2) is 23.6 Å². The first-order valence-electron chi connectivity index (χ1n) is 12.2. The van der Waals surface area contributed by atoms with Crippen LogP contribution in [-0.4, -0.2) is 89.1 Å². The molecule has 3 saturated heterocycles. The molecule has 3 aromatic heterocycles. The molecule has 0 saturated carbocycles. The number of nitrogens with one attached hydrogen (secondary N) is 2. The van der Waals surface area contributed by atoms with Crippen molar-refractivity contribution < 1.29 is 56.7 Å². The molecule has 0 aliphatic carbocycles. The Morgan fingerprint density at radius 3 is 2.05 bits per heavy atom. The summed E-state index contributed by atoms with van der Waals surface area (Å²) >= 11 is 0. The van der Waals surface area contributed by atoms with Gasteiger partial charge in [0.05, 0.1) is 19.5 Å². The second kappa shape index (κ2) is 10.8. The molecule has 0 amide bonds. The maximum atomic E-state index is 12.8. The Hall–Kier alpha value is -3.11. The lowest BCUT2D eigenvalue weighted by molar-refractivity contribution is -0.244. The van der Waals surface area contributed by atoms with Gasteiger partial charge in [-0.05, 0) is 0 Å². The van der Waals surface area contributed by atoms with Gasteiger partial charge in [0.1, 0.15) is 36.6 Å². The summed E-state index contributed by atoms with van der Waals surface area (Å²) in [5.41, 5.74) is 2.72. The number of nitrogens with two attached hydrogens (primary N) is 1. The van der Waals surface area contributed by atoms with E-state index in [1.165, 1.54) is 0 Å². The predicted octanol–water partition coefficient (Wildman–Crippen LogP) is -4.48. The van der Waals surface area contributed by atoms with E-state index in [2.05, 4.69) is 15.0 Å². The van der Waals surface area contributed by atoms with Crippen molar-refractivity contribution in [3.63, 3.8) is 0 Å². The quantitative estimate of drug-likeness (QED) is 0.163. The summed E-state index contributed by atoms with van der Waals surface area (Å²) in [6.07, 6.45) is -11.9. The second-order valence-corrected chi connectivity index (χ2v) is 12.3. The molecule has 3 aliphatic heterocycles. The molecule has 234 valence electrons. The second-order valence-electron chi connectivity index (χ2n) is 9.53. The van der Waals surface area contributed by atoms with Gasteiger partial charge in [0, 0.05) is 12.3 Å². The Morgan fingerprint density at radius 2 is 1.49 bits per heavy atom. The Morgan fingerprint density at radius 1 is 0.930 bits per heavy atom. The lowest BCUT2D eigenvalue weighted by Crippen LogP contribution is -2.41. The minimum absolute atomic E-state index is 0.155. The molecule has 6 N–H and O–H groups in total. The molecule has 3 fully saturated rings. The number of aromatic nitrogens is 6. The normalized spacial score (nSPS) is 38.7. The Balaban J connectivity index is 1.29. The molecule has 0 radical (unpaired) electrons. The van der Waals surface area contributed by atoms with Gasteiger partial charge in [0.25, 0.3) is 26.8 Å². The first kappa shape index (κ1) is 29.9. The van der Waals surface area contributed by atoms with Gasteiger partial charge in [-0.25, -0.2) is 9.78 Å². The number of ether oxygens (including phenoxy) is 2. The highest BCUT2D eigenvalue weighted by Gasteiger charge is 2.51. The lowest BCUT2D eigenvalue weighted by Gasteiger charge is -2.34. The van der Waals surface area contributed by atoms with Crippen LogP contribution in [0.2, 0.25) is 0 Å². The van der Waals surface area contributed by atoms with Crippen LogP contribution in [0, 0.1) is 0 Å². The molecule has 10 atom stereocenters. The molecule has 24 heteroatoms. The van der Waals surface area contributed by atoms with E-state index in [4.69, 9.17) is 33.3 Å². The number of rotatable bonds is 2. The van der Waals surface area contributed by atoms with Crippen molar-refractivity contribution in [1.82, 2.24) is 29.1 Å². The van der Waals surface area contributed by atoms with E-state index in [-0.39, 0.29) is 17.1 Å². The number of anilines is 1. The van der Waals surface area contributed by atoms with Gasteiger partial charge in [-0.15, -0.1) is 0 Å². The summed E-state index contributed by atoms with van der Waals surface area (Å²) < 4.78 is 58.4. The van der Waals surface area contributed by atoms with E-state index in [0.29, 0.717) is 0 Å². The van der Waals surface area contributed by atoms with Gasteiger partial charge >= 0.3 is 5.69 Å². The highest BCUT2D eigenvalue weighted by Crippen LogP contribution is 2.50. The molecule has 0 aromatic carbocycles. The number of phosphoric acid groups is 2. The molecule has 4 unspecified atom stereocenters. The Kier molecular flexibility index (Phi) is 7.52. The summed E-state index contributed by atoms with van der Waals surface area (Å²) in [5, 5.41) is 21.8. The van der Waals surface area contributed by atoms with Crippen LogP contribution in [-0.2, 0) is 36.7 Å². The number of nitrogens with zero attached hydrogens (tertiary/aromatic N) is 4. The third-order valence-electron chi connectivity index (χ3n) is 6.76.